The van der Waals surface area contributed by atoms with Crippen molar-refractivity contribution >= 4 is 5.90 Å². The number of ether oxygens (including phenoxy) is 2. The van der Waals surface area contributed by atoms with Gasteiger partial charge >= 0.3 is 19.5 Å². The first-order chi connectivity index (χ1) is 13.7. The smallest absolute Gasteiger partial charge is 0.645 e. The fraction of sp³-hybridized carbons (Fsp3) is 0.250. The third-order valence-electron chi connectivity index (χ3n) is 4.45. The van der Waals surface area contributed by atoms with Crippen molar-refractivity contribution in [3.8, 4) is 0 Å². The van der Waals surface area contributed by atoms with Gasteiger partial charge in [0, 0.05) is 12.0 Å². The van der Waals surface area contributed by atoms with Crippen molar-refractivity contribution in [2.45, 2.75) is 25.9 Å². The quantitative estimate of drug-likeness (QED) is 0.439. The molecule has 0 N–H and O–H groups in total. The number of hydrogen-bond acceptors (Lipinski definition) is 3. The molecular weight excluding hydrogens is 414 g/mol. The van der Waals surface area contributed by atoms with Crippen LogP contribution in [-0.4, -0.2) is 19.1 Å². The minimum Gasteiger partial charge on any atom is -0.645 e. The maximum Gasteiger partial charge on any atom is 2.00 e. The molecule has 0 spiro atoms. The molecule has 2 aliphatic heterocycles. The summed E-state index contributed by atoms with van der Waals surface area (Å²) in [5.74, 6) is 1.18. The van der Waals surface area contributed by atoms with E-state index in [1.54, 1.807) is 6.08 Å². The zero-order valence-electron chi connectivity index (χ0n) is 17.1. The zero-order valence-corrected chi connectivity index (χ0v) is 20.1. The Labute approximate surface area is 186 Å². The van der Waals surface area contributed by atoms with Gasteiger partial charge in [0.2, 0.25) is 5.90 Å². The summed E-state index contributed by atoms with van der Waals surface area (Å²) in [6.45, 7) is 8.69. The van der Waals surface area contributed by atoms with Gasteiger partial charge in [-0.05, 0) is 5.56 Å². The number of nitrogens with zero attached hydrogens (tertiary/aromatic N) is 2. The van der Waals surface area contributed by atoms with Crippen LogP contribution >= 0.6 is 0 Å². The second kappa shape index (κ2) is 11.5. The van der Waals surface area contributed by atoms with Crippen LogP contribution in [-0.2, 0) is 29.0 Å². The molecule has 2 aliphatic rings. The molecule has 1 saturated heterocycles. The first-order valence-electron chi connectivity index (χ1n) is 9.46. The largest absolute Gasteiger partial charge is 2.00 e. The number of rotatable bonds is 3. The summed E-state index contributed by atoms with van der Waals surface area (Å²) < 4.78 is 11.3. The Morgan fingerprint density at radius 2 is 1.59 bits per heavy atom. The summed E-state index contributed by atoms with van der Waals surface area (Å²) >= 11 is 0. The molecule has 0 aliphatic carbocycles. The summed E-state index contributed by atoms with van der Waals surface area (Å²) in [5, 5.41) is 4.60. The number of aliphatic imine (C=N–C) groups is 1. The van der Waals surface area contributed by atoms with Crippen LogP contribution in [0.2, 0.25) is 0 Å². The molecule has 0 bridgehead atoms. The third-order valence-corrected chi connectivity index (χ3v) is 4.45. The van der Waals surface area contributed by atoms with Gasteiger partial charge in [-0.15, -0.1) is 6.92 Å². The van der Waals surface area contributed by atoms with Gasteiger partial charge in [-0.3, -0.25) is 0 Å². The fourth-order valence-electron chi connectivity index (χ4n) is 2.74. The van der Waals surface area contributed by atoms with Crippen molar-refractivity contribution in [2.75, 3.05) is 13.2 Å². The summed E-state index contributed by atoms with van der Waals surface area (Å²) in [6.07, 6.45) is 3.76. The van der Waals surface area contributed by atoms with Crippen LogP contribution in [0.15, 0.2) is 89.3 Å². The second-order valence-corrected chi connectivity index (χ2v) is 6.69. The molecule has 0 aromatic heterocycles. The Morgan fingerprint density at radius 1 is 1.00 bits per heavy atom. The van der Waals surface area contributed by atoms with Crippen LogP contribution in [0.4, 0.5) is 0 Å². The van der Waals surface area contributed by atoms with Gasteiger partial charge < -0.3 is 14.8 Å². The normalized spacial score (nSPS) is 21.7. The van der Waals surface area contributed by atoms with Crippen molar-refractivity contribution < 1.29 is 29.0 Å². The maximum absolute atomic E-state index is 5.66. The molecule has 2 aromatic rings. The standard InChI is InChI=1S/C19H17N2O2.C5H9.Zn/c1-3-7-14(8-4-1)16-12-22-18(20-16)11-19-21-17(13-23-19)15-9-5-2-6-10-15;1-4-5(2)3;/h1-11,16-17H,12-13H2;4H,2H2,1,3H3;/q2*-1;+2/b18-11+;5-4-;/t16-,17-;;/m1../s1. The average molecular weight is 440 g/mol. The predicted octanol–water partition coefficient (Wildman–Crippen LogP) is 5.93. The Balaban J connectivity index is 0.000000450. The van der Waals surface area contributed by atoms with Crippen molar-refractivity contribution in [3.63, 3.8) is 0 Å². The van der Waals surface area contributed by atoms with E-state index >= 15 is 0 Å². The van der Waals surface area contributed by atoms with Gasteiger partial charge in [-0.2, -0.15) is 0 Å². The van der Waals surface area contributed by atoms with E-state index in [4.69, 9.17) is 9.47 Å². The summed E-state index contributed by atoms with van der Waals surface area (Å²) in [6, 6.07) is 20.4. The molecule has 29 heavy (non-hydrogen) atoms. The molecule has 2 heterocycles. The molecule has 0 saturated carbocycles. The first kappa shape index (κ1) is 22.8. The Hall–Kier alpha value is -2.52. The van der Waals surface area contributed by atoms with Crippen LogP contribution in [0, 0.1) is 6.92 Å². The molecule has 0 unspecified atom stereocenters. The minimum atomic E-state index is 0. The summed E-state index contributed by atoms with van der Waals surface area (Å²) in [5.41, 5.74) is 3.45. The second-order valence-electron chi connectivity index (χ2n) is 6.69. The van der Waals surface area contributed by atoms with E-state index in [2.05, 4.69) is 41.5 Å². The van der Waals surface area contributed by atoms with Crippen LogP contribution in [0.1, 0.15) is 37.1 Å². The Morgan fingerprint density at radius 3 is 2.17 bits per heavy atom. The number of benzene rings is 2. The Bertz CT molecular complexity index is 844. The van der Waals surface area contributed by atoms with Gasteiger partial charge in [0.05, 0.1) is 6.61 Å². The van der Waals surface area contributed by atoms with Crippen molar-refractivity contribution in [2.24, 2.45) is 4.99 Å². The van der Waals surface area contributed by atoms with Crippen LogP contribution < -0.4 is 0 Å². The number of allylic oxidation sites excluding steroid dienone is 2. The summed E-state index contributed by atoms with van der Waals surface area (Å²) in [7, 11) is 0. The van der Waals surface area contributed by atoms with E-state index in [-0.39, 0.29) is 31.6 Å². The molecule has 4 rings (SSSR count). The van der Waals surface area contributed by atoms with Gasteiger partial charge in [0.15, 0.2) is 0 Å². The van der Waals surface area contributed by atoms with E-state index in [9.17, 15) is 0 Å². The van der Waals surface area contributed by atoms with Crippen molar-refractivity contribution in [1.29, 1.82) is 0 Å². The predicted molar refractivity (Wildman–Crippen MR) is 114 cm³/mol. The minimum absolute atomic E-state index is 0. The van der Waals surface area contributed by atoms with Crippen LogP contribution in [0.25, 0.3) is 5.32 Å². The molecule has 0 amide bonds. The molecular formula is C24H26N2O2Zn. The van der Waals surface area contributed by atoms with Crippen LogP contribution in [0.3, 0.4) is 0 Å². The van der Waals surface area contributed by atoms with Gasteiger partial charge in [-0.1, -0.05) is 79.2 Å². The van der Waals surface area contributed by atoms with Crippen molar-refractivity contribution in [3.05, 3.63) is 108 Å². The third kappa shape index (κ3) is 6.79. The molecule has 2 atom stereocenters. The maximum atomic E-state index is 5.66. The SMILES string of the molecule is C(/C1=N[C@@H](c2ccccc2)CO1)=C1/[N-][C@@H](c2ccccc2)CO1.[CH2-]/C(C)=C/C.[Zn+2]. The van der Waals surface area contributed by atoms with Gasteiger partial charge in [0.25, 0.3) is 0 Å². The van der Waals surface area contributed by atoms with E-state index in [1.165, 1.54) is 0 Å². The van der Waals surface area contributed by atoms with Gasteiger partial charge in [0.1, 0.15) is 12.6 Å². The molecule has 4 nitrogen and oxygen atoms in total. The van der Waals surface area contributed by atoms with E-state index in [0.717, 1.165) is 16.7 Å². The fourth-order valence-corrected chi connectivity index (χ4v) is 2.74. The molecule has 5 heteroatoms. The average Bonchev–Trinajstić information content (AvgIpc) is 3.40. The summed E-state index contributed by atoms with van der Waals surface area (Å²) in [4.78, 5) is 4.60. The molecule has 1 fully saturated rings. The molecule has 0 radical (unpaired) electrons. The zero-order chi connectivity index (χ0) is 19.8. The van der Waals surface area contributed by atoms with Gasteiger partial charge in [-0.25, -0.2) is 23.6 Å². The van der Waals surface area contributed by atoms with Crippen LogP contribution in [0.5, 0.6) is 0 Å². The monoisotopic (exact) mass is 438 g/mol. The van der Waals surface area contributed by atoms with E-state index in [0.29, 0.717) is 25.0 Å². The van der Waals surface area contributed by atoms with Crippen molar-refractivity contribution in [1.82, 2.24) is 0 Å². The Kier molecular flexibility index (Phi) is 9.01. The topological polar surface area (TPSA) is 44.9 Å². The molecule has 2 aromatic carbocycles. The molecule has 146 valence electrons. The van der Waals surface area contributed by atoms with E-state index < -0.39 is 0 Å². The first-order valence-corrected chi connectivity index (χ1v) is 9.46. The van der Waals surface area contributed by atoms with E-state index in [1.807, 2.05) is 56.3 Å². The number of hydrogen-bond donors (Lipinski definition) is 0.